The summed E-state index contributed by atoms with van der Waals surface area (Å²) in [4.78, 5) is 19.0. The highest BCUT2D eigenvalue weighted by Crippen LogP contribution is 2.19. The molecule has 2 aromatic rings. The van der Waals surface area contributed by atoms with Gasteiger partial charge in [-0.3, -0.25) is 4.79 Å². The molecule has 2 N–H and O–H groups in total. The van der Waals surface area contributed by atoms with E-state index >= 15 is 0 Å². The molecule has 0 aromatic carbocycles. The minimum Gasteiger partial charge on any atom is -0.347 e. The zero-order chi connectivity index (χ0) is 13.1. The summed E-state index contributed by atoms with van der Waals surface area (Å²) in [5.41, 5.74) is 0. The molecule has 1 amide bonds. The first-order valence-corrected chi connectivity index (χ1v) is 6.53. The lowest BCUT2D eigenvalue weighted by molar-refractivity contribution is 0.0937. The molecule has 0 fully saturated rings. The fraction of sp³-hybridized carbons (Fsp3) is 0.455. The first-order chi connectivity index (χ1) is 8.58. The number of rotatable bonds is 4. The first kappa shape index (κ1) is 12.7. The second-order valence-corrected chi connectivity index (χ2v) is 5.28. The van der Waals surface area contributed by atoms with E-state index in [0.29, 0.717) is 5.01 Å². The standard InChI is InChI=1S/C11H15N5OS/c1-6(2)10-15-16-11(18-10)9(17)14-7(3)8-12-4-5-13-8/h4-7H,1-3H3,(H,12,13)(H,14,17). The van der Waals surface area contributed by atoms with Crippen LogP contribution in [0.1, 0.15) is 53.4 Å². The number of aromatic nitrogens is 4. The molecule has 0 saturated carbocycles. The molecule has 2 rings (SSSR count). The minimum atomic E-state index is -0.219. The number of hydrogen-bond acceptors (Lipinski definition) is 5. The van der Waals surface area contributed by atoms with Crippen molar-refractivity contribution in [2.45, 2.75) is 32.7 Å². The van der Waals surface area contributed by atoms with E-state index in [1.807, 2.05) is 20.8 Å². The highest BCUT2D eigenvalue weighted by atomic mass is 32.1. The van der Waals surface area contributed by atoms with E-state index in [1.54, 1.807) is 12.4 Å². The van der Waals surface area contributed by atoms with E-state index in [9.17, 15) is 4.79 Å². The second-order valence-electron chi connectivity index (χ2n) is 4.27. The Balaban J connectivity index is 2.03. The molecule has 6 nitrogen and oxygen atoms in total. The predicted octanol–water partition coefficient (Wildman–Crippen LogP) is 1.88. The third-order valence-electron chi connectivity index (χ3n) is 2.41. The molecule has 0 aliphatic heterocycles. The van der Waals surface area contributed by atoms with Crippen LogP contribution in [-0.2, 0) is 0 Å². The number of nitrogens with zero attached hydrogens (tertiary/aromatic N) is 3. The number of nitrogens with one attached hydrogen (secondary N) is 2. The molecule has 0 aliphatic carbocycles. The van der Waals surface area contributed by atoms with E-state index in [2.05, 4.69) is 25.5 Å². The van der Waals surface area contributed by atoms with Gasteiger partial charge in [-0.2, -0.15) is 0 Å². The maximum atomic E-state index is 11.9. The summed E-state index contributed by atoms with van der Waals surface area (Å²) in [5.74, 6) is 0.784. The second kappa shape index (κ2) is 5.26. The number of hydrogen-bond donors (Lipinski definition) is 2. The quantitative estimate of drug-likeness (QED) is 0.884. The van der Waals surface area contributed by atoms with Crippen molar-refractivity contribution in [1.29, 1.82) is 0 Å². The fourth-order valence-corrected chi connectivity index (χ4v) is 2.15. The van der Waals surface area contributed by atoms with Crippen LogP contribution < -0.4 is 5.32 Å². The molecule has 1 atom stereocenters. The molecule has 18 heavy (non-hydrogen) atoms. The van der Waals surface area contributed by atoms with Gasteiger partial charge in [0, 0.05) is 18.3 Å². The average molecular weight is 265 g/mol. The lowest BCUT2D eigenvalue weighted by atomic mass is 10.2. The van der Waals surface area contributed by atoms with Crippen LogP contribution in [0.5, 0.6) is 0 Å². The molecule has 1 unspecified atom stereocenters. The van der Waals surface area contributed by atoms with Crippen molar-refractivity contribution < 1.29 is 4.79 Å². The Kier molecular flexibility index (Phi) is 3.71. The van der Waals surface area contributed by atoms with Gasteiger partial charge in [-0.05, 0) is 6.92 Å². The van der Waals surface area contributed by atoms with E-state index in [1.165, 1.54) is 11.3 Å². The summed E-state index contributed by atoms with van der Waals surface area (Å²) in [6.07, 6.45) is 3.37. The summed E-state index contributed by atoms with van der Waals surface area (Å²) in [6.45, 7) is 5.91. The number of amides is 1. The lowest BCUT2D eigenvalue weighted by Crippen LogP contribution is -2.27. The van der Waals surface area contributed by atoms with Gasteiger partial charge in [0.2, 0.25) is 5.01 Å². The van der Waals surface area contributed by atoms with Gasteiger partial charge in [-0.1, -0.05) is 25.2 Å². The van der Waals surface area contributed by atoms with Gasteiger partial charge in [0.15, 0.2) is 0 Å². The normalized spacial score (nSPS) is 12.7. The van der Waals surface area contributed by atoms with Gasteiger partial charge >= 0.3 is 0 Å². The van der Waals surface area contributed by atoms with Crippen molar-refractivity contribution in [2.24, 2.45) is 0 Å². The molecule has 0 radical (unpaired) electrons. The van der Waals surface area contributed by atoms with Crippen molar-refractivity contribution in [3.05, 3.63) is 28.2 Å². The highest BCUT2D eigenvalue weighted by molar-refractivity contribution is 7.13. The van der Waals surface area contributed by atoms with Crippen molar-refractivity contribution in [3.8, 4) is 0 Å². The summed E-state index contributed by atoms with van der Waals surface area (Å²) < 4.78 is 0. The summed E-state index contributed by atoms with van der Waals surface area (Å²) in [7, 11) is 0. The van der Waals surface area contributed by atoms with E-state index in [4.69, 9.17) is 0 Å². The van der Waals surface area contributed by atoms with E-state index < -0.39 is 0 Å². The highest BCUT2D eigenvalue weighted by Gasteiger charge is 2.17. The minimum absolute atomic E-state index is 0.182. The lowest BCUT2D eigenvalue weighted by Gasteiger charge is -2.09. The molecule has 0 spiro atoms. The number of H-pyrrole nitrogens is 1. The van der Waals surface area contributed by atoms with Crippen LogP contribution in [-0.4, -0.2) is 26.1 Å². The Bertz CT molecular complexity index is 519. The van der Waals surface area contributed by atoms with Crippen LogP contribution in [0.25, 0.3) is 0 Å². The molecule has 7 heteroatoms. The zero-order valence-corrected chi connectivity index (χ0v) is 11.3. The van der Waals surface area contributed by atoms with Crippen LogP contribution in [0.3, 0.4) is 0 Å². The van der Waals surface area contributed by atoms with E-state index in [-0.39, 0.29) is 17.9 Å². The van der Waals surface area contributed by atoms with Gasteiger partial charge in [0.05, 0.1) is 6.04 Å². The Labute approximate surface area is 109 Å². The van der Waals surface area contributed by atoms with Crippen LogP contribution in [0, 0.1) is 0 Å². The first-order valence-electron chi connectivity index (χ1n) is 5.71. The Morgan fingerprint density at radius 3 is 2.72 bits per heavy atom. The zero-order valence-electron chi connectivity index (χ0n) is 10.5. The molecular weight excluding hydrogens is 250 g/mol. The monoisotopic (exact) mass is 265 g/mol. The smallest absolute Gasteiger partial charge is 0.282 e. The van der Waals surface area contributed by atoms with Gasteiger partial charge < -0.3 is 10.3 Å². The predicted molar refractivity (Wildman–Crippen MR) is 68.5 cm³/mol. The summed E-state index contributed by atoms with van der Waals surface area (Å²) >= 11 is 1.32. The fourth-order valence-electron chi connectivity index (χ4n) is 1.40. The molecule has 0 aliphatic rings. The molecule has 2 heterocycles. The average Bonchev–Trinajstić information content (AvgIpc) is 3.00. The van der Waals surface area contributed by atoms with E-state index in [0.717, 1.165) is 10.8 Å². The van der Waals surface area contributed by atoms with Crippen molar-refractivity contribution >= 4 is 17.2 Å². The number of imidazole rings is 1. The molecular formula is C11H15N5OS. The summed E-state index contributed by atoms with van der Waals surface area (Å²) in [6, 6.07) is -0.182. The SMILES string of the molecule is CC(C)c1nnc(C(=O)NC(C)c2ncc[nH]2)s1. The topological polar surface area (TPSA) is 83.6 Å². The number of aromatic amines is 1. The molecule has 0 bridgehead atoms. The third-order valence-corrected chi connectivity index (χ3v) is 3.63. The van der Waals surface area contributed by atoms with Gasteiger partial charge in [0.25, 0.3) is 5.91 Å². The third kappa shape index (κ3) is 2.73. The van der Waals surface area contributed by atoms with Crippen molar-refractivity contribution in [2.75, 3.05) is 0 Å². The van der Waals surface area contributed by atoms with Gasteiger partial charge in [0.1, 0.15) is 10.8 Å². The number of carbonyl (C=O) groups excluding carboxylic acids is 1. The maximum Gasteiger partial charge on any atom is 0.282 e. The van der Waals surface area contributed by atoms with Crippen LogP contribution in [0.2, 0.25) is 0 Å². The Hall–Kier alpha value is -1.76. The van der Waals surface area contributed by atoms with Crippen LogP contribution >= 0.6 is 11.3 Å². The van der Waals surface area contributed by atoms with Gasteiger partial charge in [-0.25, -0.2) is 4.98 Å². The molecule has 96 valence electrons. The molecule has 0 saturated heterocycles. The summed E-state index contributed by atoms with van der Waals surface area (Å²) in [5, 5.41) is 12.0. The Morgan fingerprint density at radius 1 is 1.39 bits per heavy atom. The van der Waals surface area contributed by atoms with Crippen LogP contribution in [0.15, 0.2) is 12.4 Å². The van der Waals surface area contributed by atoms with Crippen molar-refractivity contribution in [1.82, 2.24) is 25.5 Å². The number of carbonyl (C=O) groups is 1. The molecule has 2 aromatic heterocycles. The maximum absolute atomic E-state index is 11.9. The van der Waals surface area contributed by atoms with Gasteiger partial charge in [-0.15, -0.1) is 10.2 Å². The largest absolute Gasteiger partial charge is 0.347 e. The van der Waals surface area contributed by atoms with Crippen LogP contribution in [0.4, 0.5) is 0 Å². The Morgan fingerprint density at radius 2 is 2.17 bits per heavy atom. The van der Waals surface area contributed by atoms with Crippen molar-refractivity contribution in [3.63, 3.8) is 0 Å².